The number of sulfonamides is 1. The van der Waals surface area contributed by atoms with Crippen LogP contribution in [0.1, 0.15) is 40.5 Å². The molecule has 1 aromatic carbocycles. The summed E-state index contributed by atoms with van der Waals surface area (Å²) < 4.78 is 40.0. The summed E-state index contributed by atoms with van der Waals surface area (Å²) in [6, 6.07) is 4.91. The fourth-order valence-corrected chi connectivity index (χ4v) is 4.12. The van der Waals surface area contributed by atoms with Crippen LogP contribution in [0.15, 0.2) is 29.2 Å². The summed E-state index contributed by atoms with van der Waals surface area (Å²) in [5, 5.41) is 0. The smallest absolute Gasteiger partial charge is 0.211 e. The predicted molar refractivity (Wildman–Crippen MR) is 81.9 cm³/mol. The molecule has 0 unspecified atom stereocenters. The van der Waals surface area contributed by atoms with Gasteiger partial charge in [-0.05, 0) is 53.9 Å². The quantitative estimate of drug-likeness (QED) is 0.923. The molecule has 21 heavy (non-hydrogen) atoms. The van der Waals surface area contributed by atoms with Gasteiger partial charge in [0.15, 0.2) is 0 Å². The third kappa shape index (κ3) is 3.14. The Morgan fingerprint density at radius 3 is 2.24 bits per heavy atom. The molecule has 1 aromatic rings. The third-order valence-electron chi connectivity index (χ3n) is 5.53. The molecule has 0 saturated heterocycles. The van der Waals surface area contributed by atoms with E-state index < -0.39 is 15.8 Å². The molecule has 1 fully saturated rings. The number of hydrogen-bond donors (Lipinski definition) is 1. The van der Waals surface area contributed by atoms with Gasteiger partial charge < -0.3 is 0 Å². The standard InChI is InChI=1S/C16H24FNO2S/c1-15(2)10-9-12(16(15,3)4)11-18-21(19,20)14-7-5-13(17)6-8-14/h5-8,12,18H,9-11H2,1-4H3/t12-/m1/s1. The van der Waals surface area contributed by atoms with E-state index >= 15 is 0 Å². The van der Waals surface area contributed by atoms with Gasteiger partial charge in [0, 0.05) is 6.54 Å². The Bertz CT molecular complexity index is 606. The first kappa shape index (κ1) is 16.4. The van der Waals surface area contributed by atoms with Gasteiger partial charge in [0.25, 0.3) is 0 Å². The maximum absolute atomic E-state index is 12.9. The monoisotopic (exact) mass is 313 g/mol. The van der Waals surface area contributed by atoms with Crippen LogP contribution in [0.4, 0.5) is 4.39 Å². The maximum atomic E-state index is 12.9. The second-order valence-electron chi connectivity index (χ2n) is 7.15. The van der Waals surface area contributed by atoms with Crippen molar-refractivity contribution in [2.24, 2.45) is 16.7 Å². The molecular weight excluding hydrogens is 289 g/mol. The number of halogens is 1. The normalized spacial score (nSPS) is 24.1. The first-order valence-corrected chi connectivity index (χ1v) is 8.80. The van der Waals surface area contributed by atoms with Crippen LogP contribution in [0, 0.1) is 22.6 Å². The van der Waals surface area contributed by atoms with E-state index in [-0.39, 0.29) is 15.7 Å². The van der Waals surface area contributed by atoms with Crippen LogP contribution in [0.25, 0.3) is 0 Å². The molecule has 1 atom stereocenters. The summed E-state index contributed by atoms with van der Waals surface area (Å²) in [4.78, 5) is 0.110. The summed E-state index contributed by atoms with van der Waals surface area (Å²) in [5.41, 5.74) is 0.289. The van der Waals surface area contributed by atoms with Crippen LogP contribution in [-0.2, 0) is 10.0 Å². The summed E-state index contributed by atoms with van der Waals surface area (Å²) in [6.07, 6.45) is 2.12. The van der Waals surface area contributed by atoms with Gasteiger partial charge in [0.2, 0.25) is 10.0 Å². The van der Waals surface area contributed by atoms with Crippen LogP contribution in [0.3, 0.4) is 0 Å². The summed E-state index contributed by atoms with van der Waals surface area (Å²) in [6.45, 7) is 9.31. The van der Waals surface area contributed by atoms with Gasteiger partial charge in [-0.25, -0.2) is 17.5 Å². The minimum Gasteiger partial charge on any atom is -0.211 e. The predicted octanol–water partition coefficient (Wildman–Crippen LogP) is 3.57. The highest BCUT2D eigenvalue weighted by Gasteiger charge is 2.48. The van der Waals surface area contributed by atoms with E-state index in [0.717, 1.165) is 25.0 Å². The zero-order valence-electron chi connectivity index (χ0n) is 13.1. The molecule has 0 bridgehead atoms. The maximum Gasteiger partial charge on any atom is 0.240 e. The van der Waals surface area contributed by atoms with E-state index in [9.17, 15) is 12.8 Å². The van der Waals surface area contributed by atoms with Crippen LogP contribution >= 0.6 is 0 Å². The summed E-state index contributed by atoms with van der Waals surface area (Å²) >= 11 is 0. The van der Waals surface area contributed by atoms with Gasteiger partial charge in [-0.3, -0.25) is 0 Å². The van der Waals surface area contributed by atoms with Crippen LogP contribution in [0.5, 0.6) is 0 Å². The van der Waals surface area contributed by atoms with Crippen molar-refractivity contribution in [2.45, 2.75) is 45.4 Å². The highest BCUT2D eigenvalue weighted by atomic mass is 32.2. The Balaban J connectivity index is 2.08. The molecule has 1 saturated carbocycles. The van der Waals surface area contributed by atoms with Gasteiger partial charge >= 0.3 is 0 Å². The zero-order valence-corrected chi connectivity index (χ0v) is 13.9. The van der Waals surface area contributed by atoms with Crippen LogP contribution in [-0.4, -0.2) is 15.0 Å². The summed E-state index contributed by atoms with van der Waals surface area (Å²) in [7, 11) is -3.57. The average molecular weight is 313 g/mol. The van der Waals surface area contributed by atoms with Crippen molar-refractivity contribution in [1.82, 2.24) is 4.72 Å². The van der Waals surface area contributed by atoms with Crippen molar-refractivity contribution in [3.63, 3.8) is 0 Å². The second kappa shape index (κ2) is 5.36. The molecule has 0 aromatic heterocycles. The lowest BCUT2D eigenvalue weighted by atomic mass is 9.67. The lowest BCUT2D eigenvalue weighted by Gasteiger charge is -2.39. The van der Waals surface area contributed by atoms with Crippen molar-refractivity contribution < 1.29 is 12.8 Å². The first-order chi connectivity index (χ1) is 9.56. The SMILES string of the molecule is CC1(C)CC[C@H](CNS(=O)(=O)c2ccc(F)cc2)C1(C)C. The molecule has 0 aliphatic heterocycles. The largest absolute Gasteiger partial charge is 0.240 e. The van der Waals surface area contributed by atoms with E-state index in [1.54, 1.807) is 0 Å². The fraction of sp³-hybridized carbons (Fsp3) is 0.625. The van der Waals surface area contributed by atoms with E-state index in [4.69, 9.17) is 0 Å². The van der Waals surface area contributed by atoms with Crippen LogP contribution in [0.2, 0.25) is 0 Å². The van der Waals surface area contributed by atoms with Crippen molar-refractivity contribution in [3.05, 3.63) is 30.1 Å². The average Bonchev–Trinajstić information content (AvgIpc) is 2.58. The number of benzene rings is 1. The van der Waals surface area contributed by atoms with Gasteiger partial charge in [0.05, 0.1) is 4.90 Å². The highest BCUT2D eigenvalue weighted by molar-refractivity contribution is 7.89. The molecule has 1 aliphatic carbocycles. The minimum absolute atomic E-state index is 0.0817. The van der Waals surface area contributed by atoms with Gasteiger partial charge in [0.1, 0.15) is 5.82 Å². The zero-order chi connectivity index (χ0) is 15.9. The highest BCUT2D eigenvalue weighted by Crippen LogP contribution is 2.55. The van der Waals surface area contributed by atoms with Crippen molar-refractivity contribution >= 4 is 10.0 Å². The molecule has 2 rings (SSSR count). The lowest BCUT2D eigenvalue weighted by Crippen LogP contribution is -2.38. The molecule has 3 nitrogen and oxygen atoms in total. The number of rotatable bonds is 4. The number of hydrogen-bond acceptors (Lipinski definition) is 2. The molecular formula is C16H24FNO2S. The molecule has 0 heterocycles. The Labute approximate surface area is 127 Å². The Hall–Kier alpha value is -0.940. The van der Waals surface area contributed by atoms with E-state index in [1.807, 2.05) is 0 Å². The van der Waals surface area contributed by atoms with E-state index in [0.29, 0.717) is 12.5 Å². The van der Waals surface area contributed by atoms with Gasteiger partial charge in [-0.2, -0.15) is 0 Å². The summed E-state index contributed by atoms with van der Waals surface area (Å²) in [5.74, 6) is -0.129. The number of nitrogens with one attached hydrogen (secondary N) is 1. The van der Waals surface area contributed by atoms with Crippen molar-refractivity contribution in [3.8, 4) is 0 Å². The van der Waals surface area contributed by atoms with Gasteiger partial charge in [-0.15, -0.1) is 0 Å². The van der Waals surface area contributed by atoms with E-state index in [2.05, 4.69) is 32.4 Å². The Morgan fingerprint density at radius 1 is 1.19 bits per heavy atom. The molecule has 0 spiro atoms. The second-order valence-corrected chi connectivity index (χ2v) is 8.91. The van der Waals surface area contributed by atoms with E-state index in [1.165, 1.54) is 12.1 Å². The van der Waals surface area contributed by atoms with Crippen molar-refractivity contribution in [2.75, 3.05) is 6.54 Å². The lowest BCUT2D eigenvalue weighted by molar-refractivity contribution is 0.109. The first-order valence-electron chi connectivity index (χ1n) is 7.31. The minimum atomic E-state index is -3.57. The topological polar surface area (TPSA) is 46.2 Å². The molecule has 5 heteroatoms. The fourth-order valence-electron chi connectivity index (χ4n) is 3.04. The Kier molecular flexibility index (Phi) is 4.19. The van der Waals surface area contributed by atoms with Crippen LogP contribution < -0.4 is 4.72 Å². The molecule has 1 N–H and O–H groups in total. The molecule has 118 valence electrons. The molecule has 0 radical (unpaired) electrons. The Morgan fingerprint density at radius 2 is 1.76 bits per heavy atom. The molecule has 0 amide bonds. The molecule has 1 aliphatic rings. The van der Waals surface area contributed by atoms with Crippen molar-refractivity contribution in [1.29, 1.82) is 0 Å². The third-order valence-corrected chi connectivity index (χ3v) is 6.97. The van der Waals surface area contributed by atoms with Gasteiger partial charge in [-0.1, -0.05) is 27.7 Å².